The summed E-state index contributed by atoms with van der Waals surface area (Å²) < 4.78 is 5.20. The third-order valence-corrected chi connectivity index (χ3v) is 3.31. The molecule has 0 aromatic heterocycles. The van der Waals surface area contributed by atoms with E-state index in [0.29, 0.717) is 18.9 Å². The van der Waals surface area contributed by atoms with E-state index < -0.39 is 0 Å². The quantitative estimate of drug-likeness (QED) is 0.387. The largest absolute Gasteiger partial charge is 0.466 e. The summed E-state index contributed by atoms with van der Waals surface area (Å²) >= 11 is 0. The van der Waals surface area contributed by atoms with Crippen LogP contribution in [-0.4, -0.2) is 12.6 Å². The number of ether oxygens (including phenoxy) is 1. The summed E-state index contributed by atoms with van der Waals surface area (Å²) in [4.78, 5) is 11.5. The molecule has 0 bridgehead atoms. The molecule has 102 valence electrons. The van der Waals surface area contributed by atoms with Gasteiger partial charge in [0.25, 0.3) is 0 Å². The molecule has 2 heteroatoms. The molecule has 0 N–H and O–H groups in total. The molecule has 0 aliphatic rings. The van der Waals surface area contributed by atoms with Gasteiger partial charge in [-0.15, -0.1) is 0 Å². The Labute approximate surface area is 107 Å². The molecule has 0 fully saturated rings. The standard InChI is InChI=1S/C15H30O2/c1-4-7-9-13-17-15(16)12-11-14(6-3)10-8-5-2/h14H,4-13H2,1-3H3. The normalized spacial score (nSPS) is 12.4. The molecule has 0 saturated heterocycles. The fourth-order valence-corrected chi connectivity index (χ4v) is 1.98. The SMILES string of the molecule is CCCCCOC(=O)CCC(CC)CCCC. The smallest absolute Gasteiger partial charge is 0.305 e. The van der Waals surface area contributed by atoms with Crippen molar-refractivity contribution in [2.75, 3.05) is 6.61 Å². The maximum Gasteiger partial charge on any atom is 0.305 e. The number of esters is 1. The van der Waals surface area contributed by atoms with Gasteiger partial charge in [0.05, 0.1) is 6.61 Å². The lowest BCUT2D eigenvalue weighted by atomic mass is 9.94. The highest BCUT2D eigenvalue weighted by atomic mass is 16.5. The number of rotatable bonds is 11. The van der Waals surface area contributed by atoms with Gasteiger partial charge in [-0.25, -0.2) is 0 Å². The lowest BCUT2D eigenvalue weighted by Crippen LogP contribution is -2.09. The van der Waals surface area contributed by atoms with Crippen molar-refractivity contribution in [3.63, 3.8) is 0 Å². The van der Waals surface area contributed by atoms with E-state index in [4.69, 9.17) is 4.74 Å². The van der Waals surface area contributed by atoms with E-state index in [9.17, 15) is 4.79 Å². The minimum Gasteiger partial charge on any atom is -0.466 e. The zero-order chi connectivity index (χ0) is 12.9. The number of carbonyl (C=O) groups excluding carboxylic acids is 1. The summed E-state index contributed by atoms with van der Waals surface area (Å²) in [5.41, 5.74) is 0. The van der Waals surface area contributed by atoms with E-state index in [1.165, 1.54) is 32.1 Å². The number of hydrogen-bond acceptors (Lipinski definition) is 2. The van der Waals surface area contributed by atoms with Gasteiger partial charge >= 0.3 is 5.97 Å². The predicted molar refractivity (Wildman–Crippen MR) is 73.0 cm³/mol. The molecule has 0 heterocycles. The van der Waals surface area contributed by atoms with Crippen LogP contribution in [0, 0.1) is 5.92 Å². The van der Waals surface area contributed by atoms with Crippen LogP contribution in [0.4, 0.5) is 0 Å². The van der Waals surface area contributed by atoms with Gasteiger partial charge in [0.2, 0.25) is 0 Å². The van der Waals surface area contributed by atoms with Gasteiger partial charge in [-0.05, 0) is 18.8 Å². The second kappa shape index (κ2) is 11.9. The molecule has 2 nitrogen and oxygen atoms in total. The fourth-order valence-electron chi connectivity index (χ4n) is 1.98. The summed E-state index contributed by atoms with van der Waals surface area (Å²) in [5, 5.41) is 0. The van der Waals surface area contributed by atoms with Crippen molar-refractivity contribution >= 4 is 5.97 Å². The third-order valence-electron chi connectivity index (χ3n) is 3.31. The van der Waals surface area contributed by atoms with E-state index >= 15 is 0 Å². The van der Waals surface area contributed by atoms with Crippen LogP contribution in [0.25, 0.3) is 0 Å². The van der Waals surface area contributed by atoms with E-state index in [0.717, 1.165) is 19.3 Å². The Balaban J connectivity index is 3.52. The second-order valence-electron chi connectivity index (χ2n) is 4.88. The molecule has 0 spiro atoms. The predicted octanol–water partition coefficient (Wildman–Crippen LogP) is 4.72. The van der Waals surface area contributed by atoms with Crippen LogP contribution in [-0.2, 0) is 9.53 Å². The highest BCUT2D eigenvalue weighted by molar-refractivity contribution is 5.69. The zero-order valence-corrected chi connectivity index (χ0v) is 12.0. The maximum absolute atomic E-state index is 11.5. The van der Waals surface area contributed by atoms with Gasteiger partial charge in [0, 0.05) is 6.42 Å². The molecule has 0 rings (SSSR count). The number of hydrogen-bond donors (Lipinski definition) is 0. The first-order valence-corrected chi connectivity index (χ1v) is 7.40. The van der Waals surface area contributed by atoms with E-state index in [2.05, 4.69) is 20.8 Å². The minimum atomic E-state index is -0.00366. The van der Waals surface area contributed by atoms with Crippen LogP contribution < -0.4 is 0 Å². The van der Waals surface area contributed by atoms with Crippen LogP contribution >= 0.6 is 0 Å². The van der Waals surface area contributed by atoms with Crippen LogP contribution in [0.3, 0.4) is 0 Å². The monoisotopic (exact) mass is 242 g/mol. The Hall–Kier alpha value is -0.530. The van der Waals surface area contributed by atoms with Crippen molar-refractivity contribution in [3.8, 4) is 0 Å². The first-order chi connectivity index (χ1) is 8.24. The Bertz CT molecular complexity index is 178. The van der Waals surface area contributed by atoms with Crippen LogP contribution in [0.1, 0.15) is 78.6 Å². The summed E-state index contributed by atoms with van der Waals surface area (Å²) in [6.45, 7) is 7.20. The second-order valence-corrected chi connectivity index (χ2v) is 4.88. The molecule has 0 radical (unpaired) electrons. The lowest BCUT2D eigenvalue weighted by Gasteiger charge is -2.13. The van der Waals surface area contributed by atoms with Crippen molar-refractivity contribution in [1.82, 2.24) is 0 Å². The molecular weight excluding hydrogens is 212 g/mol. The Kier molecular flexibility index (Phi) is 11.6. The average Bonchev–Trinajstić information content (AvgIpc) is 2.35. The van der Waals surface area contributed by atoms with Crippen LogP contribution in [0.5, 0.6) is 0 Å². The molecule has 0 aliphatic heterocycles. The molecule has 0 aliphatic carbocycles. The van der Waals surface area contributed by atoms with Crippen LogP contribution in [0.15, 0.2) is 0 Å². The highest BCUT2D eigenvalue weighted by Gasteiger charge is 2.09. The van der Waals surface area contributed by atoms with Crippen LogP contribution in [0.2, 0.25) is 0 Å². The van der Waals surface area contributed by atoms with Crippen molar-refractivity contribution < 1.29 is 9.53 Å². The highest BCUT2D eigenvalue weighted by Crippen LogP contribution is 2.18. The fraction of sp³-hybridized carbons (Fsp3) is 0.933. The summed E-state index contributed by atoms with van der Waals surface area (Å²) in [6.07, 6.45) is 9.92. The van der Waals surface area contributed by atoms with Gasteiger partial charge in [0.1, 0.15) is 0 Å². The van der Waals surface area contributed by atoms with Crippen molar-refractivity contribution in [3.05, 3.63) is 0 Å². The van der Waals surface area contributed by atoms with Gasteiger partial charge < -0.3 is 4.74 Å². The molecule has 0 aromatic rings. The summed E-state index contributed by atoms with van der Waals surface area (Å²) in [6, 6.07) is 0. The lowest BCUT2D eigenvalue weighted by molar-refractivity contribution is -0.144. The zero-order valence-electron chi connectivity index (χ0n) is 12.0. The Morgan fingerprint density at radius 3 is 2.29 bits per heavy atom. The topological polar surface area (TPSA) is 26.3 Å². The average molecular weight is 242 g/mol. The number of unbranched alkanes of at least 4 members (excludes halogenated alkanes) is 3. The Morgan fingerprint density at radius 1 is 1.00 bits per heavy atom. The molecule has 1 unspecified atom stereocenters. The molecule has 0 amide bonds. The molecule has 0 saturated carbocycles. The van der Waals surface area contributed by atoms with E-state index in [1.807, 2.05) is 0 Å². The first kappa shape index (κ1) is 16.5. The van der Waals surface area contributed by atoms with Gasteiger partial charge in [0.15, 0.2) is 0 Å². The number of carbonyl (C=O) groups is 1. The maximum atomic E-state index is 11.5. The van der Waals surface area contributed by atoms with Crippen molar-refractivity contribution in [2.45, 2.75) is 78.6 Å². The molecular formula is C15H30O2. The van der Waals surface area contributed by atoms with Gasteiger partial charge in [-0.3, -0.25) is 4.79 Å². The van der Waals surface area contributed by atoms with E-state index in [-0.39, 0.29) is 5.97 Å². The van der Waals surface area contributed by atoms with E-state index in [1.54, 1.807) is 0 Å². The first-order valence-electron chi connectivity index (χ1n) is 7.40. The van der Waals surface area contributed by atoms with Crippen molar-refractivity contribution in [2.24, 2.45) is 5.92 Å². The summed E-state index contributed by atoms with van der Waals surface area (Å²) in [7, 11) is 0. The molecule has 0 aromatic carbocycles. The molecule has 1 atom stereocenters. The van der Waals surface area contributed by atoms with Crippen molar-refractivity contribution in [1.29, 1.82) is 0 Å². The van der Waals surface area contributed by atoms with Gasteiger partial charge in [-0.1, -0.05) is 59.3 Å². The van der Waals surface area contributed by atoms with Gasteiger partial charge in [-0.2, -0.15) is 0 Å². The summed E-state index contributed by atoms with van der Waals surface area (Å²) in [5.74, 6) is 0.703. The minimum absolute atomic E-state index is 0.00366. The third kappa shape index (κ3) is 10.3. The molecule has 17 heavy (non-hydrogen) atoms. The Morgan fingerprint density at radius 2 is 1.71 bits per heavy atom.